The van der Waals surface area contributed by atoms with E-state index in [0.717, 1.165) is 38.5 Å². The number of rotatable bonds is 22. The van der Waals surface area contributed by atoms with Crippen molar-refractivity contribution in [3.63, 3.8) is 0 Å². The summed E-state index contributed by atoms with van der Waals surface area (Å²) in [5.74, 6) is -0.709. The Morgan fingerprint density at radius 2 is 1.55 bits per heavy atom. The summed E-state index contributed by atoms with van der Waals surface area (Å²) >= 11 is 0. The smallest absolute Gasteiger partial charge is 0.463 e. The molecule has 0 aromatic heterocycles. The molecule has 33 heavy (non-hydrogen) atoms. The van der Waals surface area contributed by atoms with E-state index in [1.54, 1.807) is 0 Å². The fraction of sp³-hybridized carbons (Fsp3) is 0.826. The predicted octanol–water partition coefficient (Wildman–Crippen LogP) is 4.42. The molecule has 0 aliphatic rings. The topological polar surface area (TPSA) is 131 Å². The van der Waals surface area contributed by atoms with Crippen LogP contribution in [0.15, 0.2) is 12.2 Å². The van der Waals surface area contributed by atoms with E-state index < -0.39 is 26.5 Å². The van der Waals surface area contributed by atoms with Gasteiger partial charge >= 0.3 is 13.8 Å². The molecule has 0 fully saturated rings. The first-order valence-electron chi connectivity index (χ1n) is 12.1. The number of hydrogen-bond acceptors (Lipinski definition) is 7. The summed E-state index contributed by atoms with van der Waals surface area (Å²) in [7, 11) is -4.35. The van der Waals surface area contributed by atoms with Crippen molar-refractivity contribution in [3.8, 4) is 0 Å². The van der Waals surface area contributed by atoms with Crippen LogP contribution in [0.3, 0.4) is 0 Å². The number of phosphoric acid groups is 1. The van der Waals surface area contributed by atoms with Gasteiger partial charge in [0.15, 0.2) is 0 Å². The SMILES string of the molecule is CCCCCC/C=C\CCCCCCCC(=O)OCC(O)COP(=O)(O)OCCNC(C)=O. The maximum atomic E-state index is 11.7. The largest absolute Gasteiger partial charge is 0.472 e. The number of hydrogen-bond donors (Lipinski definition) is 3. The number of aliphatic hydroxyl groups is 1. The minimum atomic E-state index is -4.35. The molecular weight excluding hydrogens is 449 g/mol. The molecule has 3 N–H and O–H groups in total. The van der Waals surface area contributed by atoms with Crippen LogP contribution >= 0.6 is 7.82 Å². The maximum absolute atomic E-state index is 11.7. The Bertz CT molecular complexity index is 585. The van der Waals surface area contributed by atoms with Crippen molar-refractivity contribution in [2.45, 2.75) is 97.0 Å². The van der Waals surface area contributed by atoms with E-state index >= 15 is 0 Å². The van der Waals surface area contributed by atoms with E-state index in [1.807, 2.05) is 0 Å². The van der Waals surface area contributed by atoms with Gasteiger partial charge in [0.2, 0.25) is 5.91 Å². The Balaban J connectivity index is 3.60. The first-order chi connectivity index (χ1) is 15.8. The van der Waals surface area contributed by atoms with Crippen molar-refractivity contribution in [3.05, 3.63) is 12.2 Å². The number of phosphoric ester groups is 1. The van der Waals surface area contributed by atoms with E-state index in [9.17, 15) is 24.2 Å². The van der Waals surface area contributed by atoms with Gasteiger partial charge in [-0.2, -0.15) is 0 Å². The third kappa shape index (κ3) is 23.7. The lowest BCUT2D eigenvalue weighted by atomic mass is 10.1. The molecule has 0 spiro atoms. The van der Waals surface area contributed by atoms with Crippen LogP contribution in [-0.2, 0) is 27.9 Å². The predicted molar refractivity (Wildman–Crippen MR) is 128 cm³/mol. The summed E-state index contributed by atoms with van der Waals surface area (Å²) in [5, 5.41) is 12.1. The Morgan fingerprint density at radius 1 is 0.939 bits per heavy atom. The van der Waals surface area contributed by atoms with E-state index in [1.165, 1.54) is 39.0 Å². The molecule has 0 aliphatic carbocycles. The number of allylic oxidation sites excluding steroid dienone is 2. The molecule has 0 aliphatic heterocycles. The second kappa shape index (κ2) is 21.3. The van der Waals surface area contributed by atoms with Crippen molar-refractivity contribution in [2.75, 3.05) is 26.4 Å². The standard InChI is InChI=1S/C23H44NO8P/c1-3-4-5-6-7-8-9-10-11-12-13-14-15-16-23(27)30-19-22(26)20-32-33(28,29)31-18-17-24-21(2)25/h8-9,22,26H,3-7,10-20H2,1-2H3,(H,24,25)(H,28,29)/b9-8-. The molecular formula is C23H44NO8P. The summed E-state index contributed by atoms with van der Waals surface area (Å²) in [4.78, 5) is 31.9. The molecule has 0 heterocycles. The number of nitrogens with one attached hydrogen (secondary N) is 1. The highest BCUT2D eigenvalue weighted by Gasteiger charge is 2.23. The zero-order valence-corrected chi connectivity index (χ0v) is 21.2. The van der Waals surface area contributed by atoms with Gasteiger partial charge in [-0.25, -0.2) is 4.57 Å². The number of carbonyl (C=O) groups excluding carboxylic acids is 2. The van der Waals surface area contributed by atoms with E-state index in [2.05, 4.69) is 33.4 Å². The van der Waals surface area contributed by atoms with Crippen molar-refractivity contribution in [2.24, 2.45) is 0 Å². The summed E-state index contributed by atoms with van der Waals surface area (Å²) in [6.07, 6.45) is 16.1. The molecule has 0 aromatic carbocycles. The van der Waals surface area contributed by atoms with Gasteiger partial charge in [-0.05, 0) is 32.1 Å². The molecule has 0 saturated heterocycles. The van der Waals surface area contributed by atoms with Crippen molar-refractivity contribution in [1.82, 2.24) is 5.32 Å². The van der Waals surface area contributed by atoms with Gasteiger partial charge in [0, 0.05) is 19.9 Å². The van der Waals surface area contributed by atoms with E-state index in [4.69, 9.17) is 4.74 Å². The Hall–Kier alpha value is -1.25. The van der Waals surface area contributed by atoms with Gasteiger partial charge in [0.05, 0.1) is 13.2 Å². The molecule has 0 rings (SSSR count). The maximum Gasteiger partial charge on any atom is 0.472 e. The molecule has 2 atom stereocenters. The highest BCUT2D eigenvalue weighted by atomic mass is 31.2. The van der Waals surface area contributed by atoms with Crippen LogP contribution in [0.25, 0.3) is 0 Å². The molecule has 9 nitrogen and oxygen atoms in total. The van der Waals surface area contributed by atoms with Crippen molar-refractivity contribution >= 4 is 19.7 Å². The average Bonchev–Trinajstić information content (AvgIpc) is 2.77. The normalized spacial score (nSPS) is 14.2. The summed E-state index contributed by atoms with van der Waals surface area (Å²) in [6.45, 7) is 2.53. The zero-order chi connectivity index (χ0) is 24.8. The molecule has 0 aromatic rings. The summed E-state index contributed by atoms with van der Waals surface area (Å²) in [6, 6.07) is 0. The molecule has 1 amide bonds. The minimum absolute atomic E-state index is 0.0552. The highest BCUT2D eigenvalue weighted by molar-refractivity contribution is 7.47. The van der Waals surface area contributed by atoms with Crippen LogP contribution in [0.1, 0.15) is 90.9 Å². The van der Waals surface area contributed by atoms with Crippen LogP contribution < -0.4 is 5.32 Å². The average molecular weight is 494 g/mol. The monoisotopic (exact) mass is 493 g/mol. The van der Waals surface area contributed by atoms with Gasteiger partial charge in [-0.15, -0.1) is 0 Å². The van der Waals surface area contributed by atoms with Crippen molar-refractivity contribution in [1.29, 1.82) is 0 Å². The lowest BCUT2D eigenvalue weighted by molar-refractivity contribution is -0.147. The molecule has 10 heteroatoms. The molecule has 0 bridgehead atoms. The van der Waals surface area contributed by atoms with Gasteiger partial charge in [0.25, 0.3) is 0 Å². The van der Waals surface area contributed by atoms with Crippen LogP contribution in [0.5, 0.6) is 0 Å². The van der Waals surface area contributed by atoms with Crippen LogP contribution in [0.4, 0.5) is 0 Å². The Kier molecular flexibility index (Phi) is 20.5. The lowest BCUT2D eigenvalue weighted by Crippen LogP contribution is -2.25. The molecule has 0 saturated carbocycles. The third-order valence-electron chi connectivity index (χ3n) is 4.74. The van der Waals surface area contributed by atoms with Gasteiger partial charge < -0.3 is 20.1 Å². The fourth-order valence-electron chi connectivity index (χ4n) is 2.90. The van der Waals surface area contributed by atoms with Crippen LogP contribution in [0, 0.1) is 0 Å². The number of ether oxygens (including phenoxy) is 1. The van der Waals surface area contributed by atoms with Gasteiger partial charge in [0.1, 0.15) is 12.7 Å². The zero-order valence-electron chi connectivity index (χ0n) is 20.3. The first-order valence-corrected chi connectivity index (χ1v) is 13.6. The minimum Gasteiger partial charge on any atom is -0.463 e. The molecule has 0 radical (unpaired) electrons. The first kappa shape index (κ1) is 31.8. The lowest BCUT2D eigenvalue weighted by Gasteiger charge is -2.15. The van der Waals surface area contributed by atoms with Crippen LogP contribution in [-0.4, -0.2) is 54.3 Å². The van der Waals surface area contributed by atoms with Crippen LogP contribution in [0.2, 0.25) is 0 Å². The number of esters is 1. The summed E-state index contributed by atoms with van der Waals surface area (Å²) < 4.78 is 25.9. The van der Waals surface area contributed by atoms with Gasteiger partial charge in [-0.3, -0.25) is 18.6 Å². The number of unbranched alkanes of at least 4 members (excludes halogenated alkanes) is 9. The van der Waals surface area contributed by atoms with E-state index in [-0.39, 0.29) is 32.1 Å². The highest BCUT2D eigenvalue weighted by Crippen LogP contribution is 2.42. The third-order valence-corrected chi connectivity index (χ3v) is 5.72. The van der Waals surface area contributed by atoms with Crippen molar-refractivity contribution < 1.29 is 37.9 Å². The van der Waals surface area contributed by atoms with E-state index in [0.29, 0.717) is 0 Å². The Morgan fingerprint density at radius 3 is 2.18 bits per heavy atom. The number of carbonyl (C=O) groups is 2. The number of amides is 1. The second-order valence-electron chi connectivity index (χ2n) is 8.04. The molecule has 2 unspecified atom stereocenters. The Labute approximate surface area is 198 Å². The quantitative estimate of drug-likeness (QED) is 0.0874. The van der Waals surface area contributed by atoms with Gasteiger partial charge in [-0.1, -0.05) is 57.6 Å². The number of aliphatic hydroxyl groups excluding tert-OH is 1. The summed E-state index contributed by atoms with van der Waals surface area (Å²) in [5.41, 5.74) is 0. The second-order valence-corrected chi connectivity index (χ2v) is 9.50. The fourth-order valence-corrected chi connectivity index (χ4v) is 3.66. The molecule has 194 valence electrons.